The summed E-state index contributed by atoms with van der Waals surface area (Å²) in [5.41, 5.74) is 0. The minimum Gasteiger partial charge on any atom is -0.424 e. The number of benzene rings is 1. The van der Waals surface area contributed by atoms with Gasteiger partial charge >= 0.3 is 6.72 Å². The van der Waals surface area contributed by atoms with Gasteiger partial charge in [0.2, 0.25) is 0 Å². The first-order valence-corrected chi connectivity index (χ1v) is 7.61. The highest BCUT2D eigenvalue weighted by atomic mass is 32.5. The maximum Gasteiger partial charge on any atom is 0.381 e. The van der Waals surface area contributed by atoms with Crippen LogP contribution in [0.3, 0.4) is 0 Å². The lowest BCUT2D eigenvalue weighted by molar-refractivity contribution is 0.234. The Labute approximate surface area is 107 Å². The summed E-state index contributed by atoms with van der Waals surface area (Å²) in [5, 5.41) is 0. The van der Waals surface area contributed by atoms with Crippen molar-refractivity contribution in [3.05, 3.63) is 55.6 Å². The van der Waals surface area contributed by atoms with Crippen LogP contribution in [0.15, 0.2) is 55.6 Å². The van der Waals surface area contributed by atoms with Crippen LogP contribution in [0.1, 0.15) is 0 Å². The van der Waals surface area contributed by atoms with E-state index in [1.165, 1.54) is 0 Å². The van der Waals surface area contributed by atoms with Crippen molar-refractivity contribution in [2.45, 2.75) is 0 Å². The topological polar surface area (TPSA) is 27.7 Å². The summed E-state index contributed by atoms with van der Waals surface area (Å²) in [6.07, 6.45) is 3.21. The molecule has 0 radical (unpaired) electrons. The van der Waals surface area contributed by atoms with Crippen LogP contribution in [0.4, 0.5) is 0 Å². The Morgan fingerprint density at radius 2 is 1.59 bits per heavy atom. The summed E-state index contributed by atoms with van der Waals surface area (Å²) in [5.74, 6) is 0.629. The second-order valence-electron chi connectivity index (χ2n) is 3.02. The van der Waals surface area contributed by atoms with Crippen LogP contribution in [-0.4, -0.2) is 13.2 Å². The van der Waals surface area contributed by atoms with E-state index < -0.39 is 6.72 Å². The lowest BCUT2D eigenvalue weighted by Gasteiger charge is -2.21. The molecule has 0 heterocycles. The van der Waals surface area contributed by atoms with Crippen molar-refractivity contribution in [1.29, 1.82) is 0 Å². The zero-order valence-corrected chi connectivity index (χ0v) is 11.2. The molecule has 0 aliphatic heterocycles. The molecular formula is C12H15O3PS. The fourth-order valence-electron chi connectivity index (χ4n) is 0.988. The average Bonchev–Trinajstić information content (AvgIpc) is 2.35. The van der Waals surface area contributed by atoms with E-state index in [-0.39, 0.29) is 0 Å². The molecule has 5 heteroatoms. The van der Waals surface area contributed by atoms with Crippen LogP contribution in [0, 0.1) is 0 Å². The van der Waals surface area contributed by atoms with Gasteiger partial charge in [-0.1, -0.05) is 30.4 Å². The molecule has 0 saturated heterocycles. The van der Waals surface area contributed by atoms with Gasteiger partial charge in [-0.25, -0.2) is 0 Å². The predicted octanol–water partition coefficient (Wildman–Crippen LogP) is 3.70. The van der Waals surface area contributed by atoms with Gasteiger partial charge in [0.05, 0.1) is 13.2 Å². The molecule has 92 valence electrons. The first-order chi connectivity index (χ1) is 8.20. The molecule has 0 fully saturated rings. The zero-order valence-electron chi connectivity index (χ0n) is 9.45. The molecule has 0 aliphatic rings. The van der Waals surface area contributed by atoms with Gasteiger partial charge in [-0.15, -0.1) is 13.2 Å². The van der Waals surface area contributed by atoms with E-state index in [1.807, 2.05) is 18.2 Å². The molecule has 0 unspecified atom stereocenters. The molecule has 0 saturated carbocycles. The Balaban J connectivity index is 2.72. The Kier molecular flexibility index (Phi) is 6.16. The fourth-order valence-corrected chi connectivity index (χ4v) is 2.75. The van der Waals surface area contributed by atoms with E-state index in [0.717, 1.165) is 0 Å². The van der Waals surface area contributed by atoms with E-state index >= 15 is 0 Å². The molecule has 0 spiro atoms. The molecule has 1 rings (SSSR count). The summed E-state index contributed by atoms with van der Waals surface area (Å²) in [6, 6.07) is 9.21. The zero-order chi connectivity index (χ0) is 12.6. The highest BCUT2D eigenvalue weighted by Crippen LogP contribution is 2.49. The predicted molar refractivity (Wildman–Crippen MR) is 73.7 cm³/mol. The summed E-state index contributed by atoms with van der Waals surface area (Å²) >= 11 is 5.26. The van der Waals surface area contributed by atoms with Crippen molar-refractivity contribution in [3.8, 4) is 5.75 Å². The second kappa shape index (κ2) is 7.41. The van der Waals surface area contributed by atoms with E-state index in [0.29, 0.717) is 19.0 Å². The van der Waals surface area contributed by atoms with E-state index in [4.69, 9.17) is 25.4 Å². The van der Waals surface area contributed by atoms with Crippen molar-refractivity contribution in [2.24, 2.45) is 0 Å². The van der Waals surface area contributed by atoms with Crippen LogP contribution in [0.25, 0.3) is 0 Å². The number of hydrogen-bond acceptors (Lipinski definition) is 4. The van der Waals surface area contributed by atoms with E-state index in [2.05, 4.69) is 13.2 Å². The summed E-state index contributed by atoms with van der Waals surface area (Å²) in [7, 11) is 0. The summed E-state index contributed by atoms with van der Waals surface area (Å²) in [4.78, 5) is 0. The summed E-state index contributed by atoms with van der Waals surface area (Å²) < 4.78 is 16.4. The molecule has 0 bridgehead atoms. The van der Waals surface area contributed by atoms with E-state index in [1.54, 1.807) is 24.3 Å². The van der Waals surface area contributed by atoms with Gasteiger partial charge in [-0.05, 0) is 12.1 Å². The number of para-hydroxylation sites is 1. The Hall–Kier alpha value is -0.930. The van der Waals surface area contributed by atoms with Gasteiger partial charge in [0.15, 0.2) is 0 Å². The molecule has 0 atom stereocenters. The molecule has 0 aliphatic carbocycles. The lowest BCUT2D eigenvalue weighted by Crippen LogP contribution is -2.02. The molecular weight excluding hydrogens is 255 g/mol. The van der Waals surface area contributed by atoms with Crippen molar-refractivity contribution in [2.75, 3.05) is 13.2 Å². The quantitative estimate of drug-likeness (QED) is 0.532. The minimum absolute atomic E-state index is 0.293. The Bertz CT molecular complexity index is 389. The molecule has 0 N–H and O–H groups in total. The van der Waals surface area contributed by atoms with Crippen LogP contribution in [0.5, 0.6) is 5.75 Å². The maximum absolute atomic E-state index is 5.59. The summed E-state index contributed by atoms with van der Waals surface area (Å²) in [6.45, 7) is 4.93. The number of hydrogen-bond donors (Lipinski definition) is 0. The average molecular weight is 270 g/mol. The SMILES string of the molecule is C=CCOP(=S)(OCC=C)Oc1ccccc1. The molecule has 3 nitrogen and oxygen atoms in total. The maximum atomic E-state index is 5.59. The smallest absolute Gasteiger partial charge is 0.381 e. The highest BCUT2D eigenvalue weighted by Gasteiger charge is 2.21. The third-order valence-corrected chi connectivity index (χ3v) is 3.88. The third kappa shape index (κ3) is 5.29. The minimum atomic E-state index is -2.78. The van der Waals surface area contributed by atoms with Crippen molar-refractivity contribution < 1.29 is 13.6 Å². The molecule has 1 aromatic rings. The second-order valence-corrected chi connectivity index (χ2v) is 5.96. The van der Waals surface area contributed by atoms with Gasteiger partial charge in [0.25, 0.3) is 0 Å². The van der Waals surface area contributed by atoms with E-state index in [9.17, 15) is 0 Å². The van der Waals surface area contributed by atoms with Crippen molar-refractivity contribution in [3.63, 3.8) is 0 Å². The van der Waals surface area contributed by atoms with Gasteiger partial charge in [0.1, 0.15) is 5.75 Å². The normalized spacial score (nSPS) is 10.8. The van der Waals surface area contributed by atoms with Crippen LogP contribution in [-0.2, 0) is 20.9 Å². The Morgan fingerprint density at radius 3 is 2.06 bits per heavy atom. The van der Waals surface area contributed by atoms with Crippen molar-refractivity contribution in [1.82, 2.24) is 0 Å². The highest BCUT2D eigenvalue weighted by molar-refractivity contribution is 8.07. The lowest BCUT2D eigenvalue weighted by atomic mass is 10.3. The van der Waals surface area contributed by atoms with Gasteiger partial charge in [-0.3, -0.25) is 9.05 Å². The van der Waals surface area contributed by atoms with Gasteiger partial charge < -0.3 is 4.52 Å². The van der Waals surface area contributed by atoms with Gasteiger partial charge in [-0.2, -0.15) is 0 Å². The van der Waals surface area contributed by atoms with Crippen LogP contribution < -0.4 is 4.52 Å². The number of rotatable bonds is 8. The fraction of sp³-hybridized carbons (Fsp3) is 0.167. The molecule has 1 aromatic carbocycles. The van der Waals surface area contributed by atoms with Crippen molar-refractivity contribution >= 4 is 18.5 Å². The molecule has 0 amide bonds. The third-order valence-electron chi connectivity index (χ3n) is 1.66. The van der Waals surface area contributed by atoms with Crippen LogP contribution >= 0.6 is 6.72 Å². The Morgan fingerprint density at radius 1 is 1.06 bits per heavy atom. The molecule has 0 aromatic heterocycles. The standard InChI is InChI=1S/C12H15O3PS/c1-3-10-13-16(17,14-11-4-2)15-12-8-6-5-7-9-12/h3-9H,1-2,10-11H2. The first kappa shape index (κ1) is 14.1. The van der Waals surface area contributed by atoms with Gasteiger partial charge in [0, 0.05) is 11.8 Å². The first-order valence-electron chi connectivity index (χ1n) is 5.06. The monoisotopic (exact) mass is 270 g/mol. The largest absolute Gasteiger partial charge is 0.424 e. The van der Waals surface area contributed by atoms with Crippen LogP contribution in [0.2, 0.25) is 0 Å². The molecule has 17 heavy (non-hydrogen) atoms.